The number of carbonyl (C=O) groups excluding carboxylic acids is 1. The molecule has 2 aromatic heterocycles. The van der Waals surface area contributed by atoms with Crippen LogP contribution in [-0.2, 0) is 11.3 Å². The minimum absolute atomic E-state index is 0.228. The Hall–Kier alpha value is -3.49. The molecular formula is C22H19N3O4S. The van der Waals surface area contributed by atoms with Gasteiger partial charge in [0.25, 0.3) is 5.91 Å². The second-order valence-corrected chi connectivity index (χ2v) is 7.57. The van der Waals surface area contributed by atoms with E-state index in [0.29, 0.717) is 39.5 Å². The highest BCUT2D eigenvalue weighted by Crippen LogP contribution is 2.22. The van der Waals surface area contributed by atoms with Gasteiger partial charge in [0, 0.05) is 17.7 Å². The minimum Gasteiger partial charge on any atom is -0.407 e. The number of nitrogens with zero attached hydrogens (tertiary/aromatic N) is 1. The predicted molar refractivity (Wildman–Crippen MR) is 117 cm³/mol. The number of thiophene rings is 1. The molecule has 0 aliphatic heterocycles. The average molecular weight is 421 g/mol. The van der Waals surface area contributed by atoms with E-state index in [4.69, 9.17) is 9.25 Å². The number of carbonyl (C=O) groups is 1. The monoisotopic (exact) mass is 421 g/mol. The van der Waals surface area contributed by atoms with Gasteiger partial charge in [-0.15, -0.1) is 11.3 Å². The van der Waals surface area contributed by atoms with Crippen LogP contribution < -0.4 is 16.4 Å². The molecule has 0 aliphatic rings. The number of nitrogens with one attached hydrogen (secondary N) is 2. The molecule has 0 atom stereocenters. The van der Waals surface area contributed by atoms with Crippen molar-refractivity contribution >= 4 is 38.8 Å². The first-order valence-corrected chi connectivity index (χ1v) is 10.1. The zero-order chi connectivity index (χ0) is 21.1. The smallest absolute Gasteiger partial charge is 0.348 e. The van der Waals surface area contributed by atoms with Crippen molar-refractivity contribution in [3.8, 4) is 0 Å². The van der Waals surface area contributed by atoms with Crippen molar-refractivity contribution in [1.82, 2.24) is 4.98 Å². The molecule has 0 bridgehead atoms. The average Bonchev–Trinajstić information content (AvgIpc) is 3.11. The van der Waals surface area contributed by atoms with Crippen LogP contribution in [0, 0.1) is 6.92 Å². The van der Waals surface area contributed by atoms with E-state index >= 15 is 0 Å². The number of aryl methyl sites for hydroxylation is 1. The van der Waals surface area contributed by atoms with Crippen molar-refractivity contribution in [3.05, 3.63) is 86.9 Å². The molecule has 8 heteroatoms. The zero-order valence-electron chi connectivity index (χ0n) is 16.4. The van der Waals surface area contributed by atoms with Crippen LogP contribution in [0.1, 0.15) is 27.4 Å². The molecule has 0 unspecified atom stereocenters. The highest BCUT2D eigenvalue weighted by molar-refractivity contribution is 7.16. The first-order chi connectivity index (χ1) is 14.5. The lowest BCUT2D eigenvalue weighted by molar-refractivity contribution is 0.102. The third-order valence-electron chi connectivity index (χ3n) is 4.51. The molecule has 0 saturated heterocycles. The summed E-state index contributed by atoms with van der Waals surface area (Å²) >= 11 is 1.43. The first kappa shape index (κ1) is 19.8. The van der Waals surface area contributed by atoms with Crippen molar-refractivity contribution in [1.29, 1.82) is 0 Å². The minimum atomic E-state index is -0.358. The fourth-order valence-corrected chi connectivity index (χ4v) is 3.98. The van der Waals surface area contributed by atoms with E-state index < -0.39 is 0 Å². The Morgan fingerprint density at radius 1 is 1.17 bits per heavy atom. The number of rotatable bonds is 6. The maximum Gasteiger partial charge on any atom is 0.348 e. The molecule has 2 heterocycles. The maximum atomic E-state index is 12.5. The van der Waals surface area contributed by atoms with Crippen LogP contribution in [0.4, 0.5) is 11.4 Å². The molecule has 2 aromatic carbocycles. The Morgan fingerprint density at radius 3 is 2.73 bits per heavy atom. The van der Waals surface area contributed by atoms with Gasteiger partial charge in [-0.3, -0.25) is 15.1 Å². The molecule has 152 valence electrons. The van der Waals surface area contributed by atoms with E-state index in [1.807, 2.05) is 24.4 Å². The van der Waals surface area contributed by atoms with E-state index in [0.717, 1.165) is 11.1 Å². The van der Waals surface area contributed by atoms with Gasteiger partial charge in [-0.1, -0.05) is 18.2 Å². The van der Waals surface area contributed by atoms with Crippen LogP contribution >= 0.6 is 11.3 Å². The van der Waals surface area contributed by atoms with Crippen LogP contribution in [0.25, 0.3) is 10.2 Å². The molecule has 0 spiro atoms. The largest absolute Gasteiger partial charge is 0.407 e. The summed E-state index contributed by atoms with van der Waals surface area (Å²) in [5.41, 5.74) is 5.99. The topological polar surface area (TPSA) is 93.5 Å². The summed E-state index contributed by atoms with van der Waals surface area (Å²) in [7, 11) is 1.51. The Labute approximate surface area is 176 Å². The van der Waals surface area contributed by atoms with E-state index in [1.165, 1.54) is 18.4 Å². The first-order valence-electron chi connectivity index (χ1n) is 9.20. The van der Waals surface area contributed by atoms with Gasteiger partial charge in [0.05, 0.1) is 18.2 Å². The van der Waals surface area contributed by atoms with Gasteiger partial charge in [0.2, 0.25) is 5.89 Å². The number of hydrogen-bond donors (Lipinski definition) is 2. The van der Waals surface area contributed by atoms with Crippen LogP contribution in [0.5, 0.6) is 0 Å². The van der Waals surface area contributed by atoms with Gasteiger partial charge in [-0.25, -0.2) is 9.78 Å². The summed E-state index contributed by atoms with van der Waals surface area (Å²) in [5.74, 6) is 0.141. The molecule has 0 fully saturated rings. The van der Waals surface area contributed by atoms with Gasteiger partial charge in [0.1, 0.15) is 4.83 Å². The standard InChI is InChI=1S/C22H19N3O4S/c1-13-12-30-21-19(13)22(27)29-18(24-21)10-14-6-8-16(9-7-14)23-20(26)15-4-3-5-17(11-15)25-28-2/h3-9,11-12,25H,10H2,1-2H3,(H,23,26). The van der Waals surface area contributed by atoms with Crippen molar-refractivity contribution < 1.29 is 14.0 Å². The van der Waals surface area contributed by atoms with Crippen molar-refractivity contribution in [2.75, 3.05) is 17.9 Å². The summed E-state index contributed by atoms with van der Waals surface area (Å²) in [6, 6.07) is 14.3. The molecule has 0 radical (unpaired) electrons. The number of hydrogen-bond acceptors (Lipinski definition) is 7. The number of amides is 1. The summed E-state index contributed by atoms with van der Waals surface area (Å²) in [6.07, 6.45) is 0.390. The Kier molecular flexibility index (Phi) is 5.60. The van der Waals surface area contributed by atoms with E-state index in [9.17, 15) is 9.59 Å². The molecular weight excluding hydrogens is 402 g/mol. The van der Waals surface area contributed by atoms with E-state index in [-0.39, 0.29) is 11.5 Å². The lowest BCUT2D eigenvalue weighted by Crippen LogP contribution is -2.12. The predicted octanol–water partition coefficient (Wildman–Crippen LogP) is 4.37. The van der Waals surface area contributed by atoms with Crippen molar-refractivity contribution in [2.24, 2.45) is 0 Å². The lowest BCUT2D eigenvalue weighted by Gasteiger charge is -2.08. The van der Waals surface area contributed by atoms with E-state index in [1.54, 1.807) is 36.4 Å². The number of fused-ring (bicyclic) bond motifs is 1. The summed E-state index contributed by atoms with van der Waals surface area (Å²) in [5, 5.41) is 5.31. The van der Waals surface area contributed by atoms with Gasteiger partial charge in [-0.2, -0.15) is 0 Å². The third-order valence-corrected chi connectivity index (χ3v) is 5.50. The molecule has 4 rings (SSSR count). The normalized spacial score (nSPS) is 10.9. The van der Waals surface area contributed by atoms with Crippen LogP contribution in [0.15, 0.2) is 63.1 Å². The summed E-state index contributed by atoms with van der Waals surface area (Å²) in [6.45, 7) is 1.87. The highest BCUT2D eigenvalue weighted by atomic mass is 32.1. The van der Waals surface area contributed by atoms with Crippen LogP contribution in [-0.4, -0.2) is 18.0 Å². The van der Waals surface area contributed by atoms with Crippen molar-refractivity contribution in [2.45, 2.75) is 13.3 Å². The SMILES string of the molecule is CONc1cccc(C(=O)Nc2ccc(Cc3nc4scc(C)c4c(=O)o3)cc2)c1. The van der Waals surface area contributed by atoms with Gasteiger partial charge in [0.15, 0.2) is 0 Å². The van der Waals surface area contributed by atoms with Crippen LogP contribution in [0.3, 0.4) is 0 Å². The van der Waals surface area contributed by atoms with Gasteiger partial charge >= 0.3 is 5.63 Å². The molecule has 2 N–H and O–H groups in total. The van der Waals surface area contributed by atoms with E-state index in [2.05, 4.69) is 15.8 Å². The second kappa shape index (κ2) is 8.48. The summed E-state index contributed by atoms with van der Waals surface area (Å²) < 4.78 is 5.37. The summed E-state index contributed by atoms with van der Waals surface area (Å²) in [4.78, 5) is 34.7. The fraction of sp³-hybridized carbons (Fsp3) is 0.136. The number of anilines is 2. The third kappa shape index (κ3) is 4.24. The molecule has 30 heavy (non-hydrogen) atoms. The highest BCUT2D eigenvalue weighted by Gasteiger charge is 2.12. The van der Waals surface area contributed by atoms with Crippen molar-refractivity contribution in [3.63, 3.8) is 0 Å². The number of aromatic nitrogens is 1. The van der Waals surface area contributed by atoms with Gasteiger partial charge < -0.3 is 9.73 Å². The molecule has 7 nitrogen and oxygen atoms in total. The fourth-order valence-electron chi connectivity index (χ4n) is 3.06. The molecule has 0 aliphatic carbocycles. The Balaban J connectivity index is 1.46. The molecule has 1 amide bonds. The zero-order valence-corrected chi connectivity index (χ0v) is 17.2. The number of benzene rings is 2. The Bertz CT molecular complexity index is 1260. The lowest BCUT2D eigenvalue weighted by atomic mass is 10.1. The molecule has 4 aromatic rings. The van der Waals surface area contributed by atoms with Crippen LogP contribution in [0.2, 0.25) is 0 Å². The maximum absolute atomic E-state index is 12.5. The second-order valence-electron chi connectivity index (χ2n) is 6.71. The molecule has 0 saturated carbocycles. The quantitative estimate of drug-likeness (QED) is 0.449. The Morgan fingerprint density at radius 2 is 1.97 bits per heavy atom. The van der Waals surface area contributed by atoms with Gasteiger partial charge in [-0.05, 0) is 53.8 Å².